The summed E-state index contributed by atoms with van der Waals surface area (Å²) in [5.41, 5.74) is 4.04. The number of fused-ring (bicyclic) bond motifs is 1. The molecule has 0 aliphatic carbocycles. The maximum Gasteiger partial charge on any atom is 0.113 e. The summed E-state index contributed by atoms with van der Waals surface area (Å²) < 4.78 is 0. The minimum Gasteiger partial charge on any atom is -0.369 e. The molecular weight excluding hydrogens is 210 g/mol. The fourth-order valence-corrected chi connectivity index (χ4v) is 2.41. The quantitative estimate of drug-likeness (QED) is 0.860. The van der Waals surface area contributed by atoms with E-state index in [-0.39, 0.29) is 6.04 Å². The molecule has 90 valence electrons. The van der Waals surface area contributed by atoms with E-state index in [9.17, 15) is 0 Å². The lowest BCUT2D eigenvalue weighted by molar-refractivity contribution is 0.611. The molecule has 1 aromatic carbocycles. The van der Waals surface area contributed by atoms with Crippen molar-refractivity contribution >= 4 is 5.69 Å². The summed E-state index contributed by atoms with van der Waals surface area (Å²) in [6, 6.07) is 8.80. The molecule has 1 aromatic rings. The van der Waals surface area contributed by atoms with Crippen molar-refractivity contribution in [3.63, 3.8) is 0 Å². The van der Waals surface area contributed by atoms with E-state index < -0.39 is 0 Å². The number of hydrogen-bond acceptors (Lipinski definition) is 3. The Kier molecular flexibility index (Phi) is 3.65. The van der Waals surface area contributed by atoms with Gasteiger partial charge in [0.15, 0.2) is 0 Å². The summed E-state index contributed by atoms with van der Waals surface area (Å²) in [6.45, 7) is 3.95. The van der Waals surface area contributed by atoms with Crippen molar-refractivity contribution in [2.45, 2.75) is 25.8 Å². The van der Waals surface area contributed by atoms with E-state index in [0.29, 0.717) is 0 Å². The molecule has 0 saturated carbocycles. The Morgan fingerprint density at radius 1 is 1.53 bits per heavy atom. The number of likely N-dealkylation sites (N-methyl/N-ethyl adjacent to an activating group) is 1. The highest BCUT2D eigenvalue weighted by atomic mass is 15.2. The van der Waals surface area contributed by atoms with Crippen molar-refractivity contribution < 1.29 is 0 Å². The Morgan fingerprint density at radius 2 is 2.35 bits per heavy atom. The summed E-state index contributed by atoms with van der Waals surface area (Å²) in [4.78, 5) is 2.32. The first-order valence-corrected chi connectivity index (χ1v) is 6.16. The third kappa shape index (κ3) is 2.59. The molecule has 17 heavy (non-hydrogen) atoms. The van der Waals surface area contributed by atoms with Crippen molar-refractivity contribution in [3.8, 4) is 6.07 Å². The minimum atomic E-state index is -0.0951. The standard InChI is InChI=1S/C14H19N3/c1-11-5-6-14-12(8-11)4-3-7-17(14)10-13(9-15)16-2/h5-6,8,13,16H,3-4,7,10H2,1-2H3. The van der Waals surface area contributed by atoms with E-state index >= 15 is 0 Å². The zero-order valence-corrected chi connectivity index (χ0v) is 10.5. The average Bonchev–Trinajstić information content (AvgIpc) is 2.35. The highest BCUT2D eigenvalue weighted by Gasteiger charge is 2.19. The van der Waals surface area contributed by atoms with Gasteiger partial charge in [-0.3, -0.25) is 0 Å². The van der Waals surface area contributed by atoms with Gasteiger partial charge in [-0.05, 0) is 38.4 Å². The molecule has 0 radical (unpaired) electrons. The molecule has 0 aromatic heterocycles. The predicted octanol–water partition coefficient (Wildman–Crippen LogP) is 1.86. The van der Waals surface area contributed by atoms with Crippen molar-refractivity contribution in [1.82, 2.24) is 5.32 Å². The number of nitriles is 1. The molecule has 2 rings (SSSR count). The van der Waals surface area contributed by atoms with E-state index in [2.05, 4.69) is 41.4 Å². The fraction of sp³-hybridized carbons (Fsp3) is 0.500. The normalized spacial score (nSPS) is 16.2. The Labute approximate surface area is 103 Å². The molecule has 1 aliphatic heterocycles. The van der Waals surface area contributed by atoms with E-state index in [1.54, 1.807) is 0 Å². The molecule has 0 bridgehead atoms. The molecule has 3 heteroatoms. The SMILES string of the molecule is CNC(C#N)CN1CCCc2cc(C)ccc21. The molecule has 1 heterocycles. The van der Waals surface area contributed by atoms with Crippen LogP contribution in [0, 0.1) is 18.3 Å². The summed E-state index contributed by atoms with van der Waals surface area (Å²) >= 11 is 0. The average molecular weight is 229 g/mol. The topological polar surface area (TPSA) is 39.1 Å². The van der Waals surface area contributed by atoms with Gasteiger partial charge < -0.3 is 10.2 Å². The maximum absolute atomic E-state index is 9.01. The van der Waals surface area contributed by atoms with Gasteiger partial charge in [-0.2, -0.15) is 5.26 Å². The van der Waals surface area contributed by atoms with Crippen LogP contribution in [0.25, 0.3) is 0 Å². The van der Waals surface area contributed by atoms with Crippen LogP contribution in [0.15, 0.2) is 18.2 Å². The molecule has 0 amide bonds. The second kappa shape index (κ2) is 5.20. The highest BCUT2D eigenvalue weighted by molar-refractivity contribution is 5.57. The van der Waals surface area contributed by atoms with Crippen LogP contribution in [0.5, 0.6) is 0 Å². The monoisotopic (exact) mass is 229 g/mol. The second-order valence-corrected chi connectivity index (χ2v) is 4.65. The maximum atomic E-state index is 9.01. The van der Waals surface area contributed by atoms with Gasteiger partial charge in [0.25, 0.3) is 0 Å². The first-order valence-electron chi connectivity index (χ1n) is 6.16. The number of aryl methyl sites for hydroxylation is 2. The van der Waals surface area contributed by atoms with Crippen LogP contribution in [0.1, 0.15) is 17.5 Å². The lowest BCUT2D eigenvalue weighted by Gasteiger charge is -2.32. The van der Waals surface area contributed by atoms with Crippen molar-refractivity contribution in [2.75, 3.05) is 25.0 Å². The van der Waals surface area contributed by atoms with Gasteiger partial charge in [0.2, 0.25) is 0 Å². The van der Waals surface area contributed by atoms with Crippen LogP contribution in [-0.4, -0.2) is 26.2 Å². The van der Waals surface area contributed by atoms with Gasteiger partial charge in [-0.1, -0.05) is 17.7 Å². The number of anilines is 1. The predicted molar refractivity (Wildman–Crippen MR) is 70.2 cm³/mol. The lowest BCUT2D eigenvalue weighted by atomic mass is 9.99. The molecule has 1 unspecified atom stereocenters. The largest absolute Gasteiger partial charge is 0.369 e. The van der Waals surface area contributed by atoms with Crippen LogP contribution >= 0.6 is 0 Å². The molecular formula is C14H19N3. The fourth-order valence-electron chi connectivity index (χ4n) is 2.41. The van der Waals surface area contributed by atoms with Crippen LogP contribution in [0.2, 0.25) is 0 Å². The number of rotatable bonds is 3. The van der Waals surface area contributed by atoms with Crippen molar-refractivity contribution in [1.29, 1.82) is 5.26 Å². The lowest BCUT2D eigenvalue weighted by Crippen LogP contribution is -2.41. The van der Waals surface area contributed by atoms with Gasteiger partial charge in [0.1, 0.15) is 6.04 Å². The molecule has 0 saturated heterocycles. The number of nitrogens with one attached hydrogen (secondary N) is 1. The molecule has 1 N–H and O–H groups in total. The number of nitrogens with zero attached hydrogens (tertiary/aromatic N) is 2. The van der Waals surface area contributed by atoms with Gasteiger partial charge in [-0.25, -0.2) is 0 Å². The van der Waals surface area contributed by atoms with Gasteiger partial charge in [0.05, 0.1) is 6.07 Å². The molecule has 0 spiro atoms. The third-order valence-electron chi connectivity index (χ3n) is 3.36. The first-order chi connectivity index (χ1) is 8.24. The Morgan fingerprint density at radius 3 is 3.06 bits per heavy atom. The zero-order chi connectivity index (χ0) is 12.3. The number of benzene rings is 1. The van der Waals surface area contributed by atoms with E-state index in [1.165, 1.54) is 23.2 Å². The molecule has 1 atom stereocenters. The number of hydrogen-bond donors (Lipinski definition) is 1. The Hall–Kier alpha value is -1.53. The van der Waals surface area contributed by atoms with Crippen LogP contribution < -0.4 is 10.2 Å². The Balaban J connectivity index is 2.20. The summed E-state index contributed by atoms with van der Waals surface area (Å²) in [7, 11) is 1.84. The van der Waals surface area contributed by atoms with E-state index in [4.69, 9.17) is 5.26 Å². The smallest absolute Gasteiger partial charge is 0.113 e. The highest BCUT2D eigenvalue weighted by Crippen LogP contribution is 2.27. The van der Waals surface area contributed by atoms with E-state index in [1.807, 2.05) is 7.05 Å². The van der Waals surface area contributed by atoms with Crippen LogP contribution in [0.4, 0.5) is 5.69 Å². The minimum absolute atomic E-state index is 0.0951. The van der Waals surface area contributed by atoms with Gasteiger partial charge >= 0.3 is 0 Å². The second-order valence-electron chi connectivity index (χ2n) is 4.65. The molecule has 1 aliphatic rings. The summed E-state index contributed by atoms with van der Waals surface area (Å²) in [5.74, 6) is 0. The third-order valence-corrected chi connectivity index (χ3v) is 3.36. The first kappa shape index (κ1) is 11.9. The van der Waals surface area contributed by atoms with Crippen LogP contribution in [-0.2, 0) is 6.42 Å². The van der Waals surface area contributed by atoms with Gasteiger partial charge in [-0.15, -0.1) is 0 Å². The van der Waals surface area contributed by atoms with Crippen LogP contribution in [0.3, 0.4) is 0 Å². The van der Waals surface area contributed by atoms with Crippen molar-refractivity contribution in [3.05, 3.63) is 29.3 Å². The molecule has 3 nitrogen and oxygen atoms in total. The molecule has 0 fully saturated rings. The summed E-state index contributed by atoms with van der Waals surface area (Å²) in [6.07, 6.45) is 2.34. The summed E-state index contributed by atoms with van der Waals surface area (Å²) in [5, 5.41) is 12.0. The van der Waals surface area contributed by atoms with E-state index in [0.717, 1.165) is 19.5 Å². The van der Waals surface area contributed by atoms with Crippen molar-refractivity contribution in [2.24, 2.45) is 0 Å². The zero-order valence-electron chi connectivity index (χ0n) is 10.5. The van der Waals surface area contributed by atoms with Gasteiger partial charge in [0, 0.05) is 18.8 Å². The Bertz CT molecular complexity index is 434.